The van der Waals surface area contributed by atoms with Crippen LogP contribution in [0.3, 0.4) is 0 Å². The Bertz CT molecular complexity index is 417. The summed E-state index contributed by atoms with van der Waals surface area (Å²) < 4.78 is 2.03. The molecule has 7 heteroatoms. The van der Waals surface area contributed by atoms with Gasteiger partial charge in [0.1, 0.15) is 6.33 Å². The van der Waals surface area contributed by atoms with Gasteiger partial charge in [-0.2, -0.15) is 0 Å². The van der Waals surface area contributed by atoms with Crippen LogP contribution in [0, 0.1) is 0 Å². The maximum Gasteiger partial charge on any atom is 0.232 e. The van der Waals surface area contributed by atoms with Crippen LogP contribution in [0.2, 0.25) is 0 Å². The van der Waals surface area contributed by atoms with E-state index in [4.69, 9.17) is 0 Å². The number of thioether (sulfide) groups is 1. The van der Waals surface area contributed by atoms with Crippen LogP contribution in [-0.4, -0.2) is 56.1 Å². The Morgan fingerprint density at radius 3 is 3.06 bits per heavy atom. The third-order valence-electron chi connectivity index (χ3n) is 2.77. The summed E-state index contributed by atoms with van der Waals surface area (Å²) in [6.07, 6.45) is 3.56. The molecule has 0 bridgehead atoms. The molecular formula is C11H18N4O2S. The molecule has 1 fully saturated rings. The van der Waals surface area contributed by atoms with Crippen LogP contribution in [0.1, 0.15) is 25.8 Å². The minimum Gasteiger partial charge on any atom is -0.392 e. The van der Waals surface area contributed by atoms with E-state index < -0.39 is 6.10 Å². The van der Waals surface area contributed by atoms with E-state index in [0.717, 1.165) is 5.16 Å². The van der Waals surface area contributed by atoms with Crippen molar-refractivity contribution < 1.29 is 9.90 Å². The Morgan fingerprint density at radius 2 is 2.44 bits per heavy atom. The number of aliphatic hydroxyl groups is 1. The van der Waals surface area contributed by atoms with E-state index in [1.165, 1.54) is 29.5 Å². The number of likely N-dealkylation sites (N-methyl/N-ethyl adjacent to an activating group) is 1. The van der Waals surface area contributed by atoms with Gasteiger partial charge in [-0.3, -0.25) is 4.79 Å². The Hall–Kier alpha value is -1.08. The maximum atomic E-state index is 11.8. The minimum absolute atomic E-state index is 0.00810. The highest BCUT2D eigenvalue weighted by molar-refractivity contribution is 7.99. The summed E-state index contributed by atoms with van der Waals surface area (Å²) in [5, 5.41) is 17.9. The van der Waals surface area contributed by atoms with Crippen molar-refractivity contribution in [2.24, 2.45) is 0 Å². The van der Waals surface area contributed by atoms with E-state index in [1.54, 1.807) is 20.3 Å². The number of aliphatic hydroxyl groups excluding tert-OH is 1. The number of amides is 1. The molecule has 0 aliphatic heterocycles. The molecule has 1 saturated carbocycles. The third kappa shape index (κ3) is 3.46. The third-order valence-corrected chi connectivity index (χ3v) is 3.71. The average molecular weight is 270 g/mol. The molecule has 2 rings (SSSR count). The molecular weight excluding hydrogens is 252 g/mol. The number of carbonyl (C=O) groups excluding carboxylic acids is 1. The molecule has 0 aromatic carbocycles. The van der Waals surface area contributed by atoms with Crippen LogP contribution in [-0.2, 0) is 4.79 Å². The van der Waals surface area contributed by atoms with E-state index in [0.29, 0.717) is 18.3 Å². The van der Waals surface area contributed by atoms with Gasteiger partial charge in [0.2, 0.25) is 5.91 Å². The second-order valence-electron chi connectivity index (χ2n) is 4.66. The van der Waals surface area contributed by atoms with E-state index in [1.807, 2.05) is 4.57 Å². The topological polar surface area (TPSA) is 71.2 Å². The Kier molecular flexibility index (Phi) is 4.23. The molecule has 6 nitrogen and oxygen atoms in total. The second kappa shape index (κ2) is 5.71. The molecule has 0 spiro atoms. The zero-order chi connectivity index (χ0) is 13.1. The van der Waals surface area contributed by atoms with E-state index in [-0.39, 0.29) is 5.91 Å². The molecule has 18 heavy (non-hydrogen) atoms. The molecule has 1 aromatic rings. The van der Waals surface area contributed by atoms with Crippen LogP contribution in [0.15, 0.2) is 11.5 Å². The number of nitrogens with zero attached hydrogens (tertiary/aromatic N) is 4. The minimum atomic E-state index is -0.501. The van der Waals surface area contributed by atoms with Crippen molar-refractivity contribution in [2.75, 3.05) is 19.3 Å². The van der Waals surface area contributed by atoms with Gasteiger partial charge >= 0.3 is 0 Å². The highest BCUT2D eigenvalue weighted by Crippen LogP contribution is 2.37. The standard InChI is InChI=1S/C11H18N4O2S/c1-8(16)5-14(2)10(17)6-18-11-13-12-7-15(11)9-3-4-9/h7-9,16H,3-6H2,1-2H3. The molecule has 1 N–H and O–H groups in total. The largest absolute Gasteiger partial charge is 0.392 e. The summed E-state index contributed by atoms with van der Waals surface area (Å²) in [5.41, 5.74) is 0. The van der Waals surface area contributed by atoms with E-state index in [2.05, 4.69) is 10.2 Å². The predicted octanol–water partition coefficient (Wildman–Crippen LogP) is 0.544. The van der Waals surface area contributed by atoms with Crippen LogP contribution < -0.4 is 0 Å². The average Bonchev–Trinajstić information content (AvgIpc) is 3.04. The van der Waals surface area contributed by atoms with Gasteiger partial charge in [0, 0.05) is 19.6 Å². The maximum absolute atomic E-state index is 11.8. The zero-order valence-electron chi connectivity index (χ0n) is 10.6. The zero-order valence-corrected chi connectivity index (χ0v) is 11.4. The lowest BCUT2D eigenvalue weighted by atomic mass is 10.4. The van der Waals surface area contributed by atoms with Gasteiger partial charge in [-0.25, -0.2) is 0 Å². The van der Waals surface area contributed by atoms with Crippen LogP contribution >= 0.6 is 11.8 Å². The number of aromatic nitrogens is 3. The fraction of sp³-hybridized carbons (Fsp3) is 0.727. The van der Waals surface area contributed by atoms with Gasteiger partial charge in [0.25, 0.3) is 0 Å². The van der Waals surface area contributed by atoms with Crippen molar-refractivity contribution >= 4 is 17.7 Å². The fourth-order valence-electron chi connectivity index (χ4n) is 1.67. The lowest BCUT2D eigenvalue weighted by molar-refractivity contribution is -0.128. The van der Waals surface area contributed by atoms with Gasteiger partial charge in [0.15, 0.2) is 5.16 Å². The summed E-state index contributed by atoms with van der Waals surface area (Å²) in [4.78, 5) is 13.3. The highest BCUT2D eigenvalue weighted by atomic mass is 32.2. The van der Waals surface area contributed by atoms with Crippen molar-refractivity contribution in [3.63, 3.8) is 0 Å². The first-order chi connectivity index (χ1) is 8.58. The monoisotopic (exact) mass is 270 g/mol. The molecule has 0 radical (unpaired) electrons. The number of carbonyl (C=O) groups is 1. The quantitative estimate of drug-likeness (QED) is 0.764. The van der Waals surface area contributed by atoms with Crippen LogP contribution in [0.4, 0.5) is 0 Å². The highest BCUT2D eigenvalue weighted by Gasteiger charge is 2.26. The smallest absolute Gasteiger partial charge is 0.232 e. The van der Waals surface area contributed by atoms with Crippen molar-refractivity contribution in [3.05, 3.63) is 6.33 Å². The molecule has 100 valence electrons. The first kappa shape index (κ1) is 13.4. The second-order valence-corrected chi connectivity index (χ2v) is 5.61. The predicted molar refractivity (Wildman–Crippen MR) is 68.3 cm³/mol. The van der Waals surface area contributed by atoms with Crippen LogP contribution in [0.5, 0.6) is 0 Å². The summed E-state index contributed by atoms with van der Waals surface area (Å²) >= 11 is 1.40. The van der Waals surface area contributed by atoms with Gasteiger partial charge in [-0.15, -0.1) is 10.2 Å². The van der Waals surface area contributed by atoms with Crippen molar-refractivity contribution in [1.29, 1.82) is 0 Å². The van der Waals surface area contributed by atoms with E-state index in [9.17, 15) is 9.90 Å². The number of rotatable bonds is 6. The first-order valence-corrected chi connectivity index (χ1v) is 7.01. The first-order valence-electron chi connectivity index (χ1n) is 6.02. The lowest BCUT2D eigenvalue weighted by Gasteiger charge is -2.18. The van der Waals surface area contributed by atoms with Gasteiger partial charge in [-0.05, 0) is 19.8 Å². The number of hydrogen-bond donors (Lipinski definition) is 1. The molecule has 0 saturated heterocycles. The summed E-state index contributed by atoms with van der Waals surface area (Å²) in [6, 6.07) is 0.521. The van der Waals surface area contributed by atoms with Crippen molar-refractivity contribution in [3.8, 4) is 0 Å². The summed E-state index contributed by atoms with van der Waals surface area (Å²) in [7, 11) is 1.70. The van der Waals surface area contributed by atoms with Gasteiger partial charge < -0.3 is 14.6 Å². The molecule has 1 aromatic heterocycles. The summed E-state index contributed by atoms with van der Waals surface area (Å²) in [5.74, 6) is 0.320. The SMILES string of the molecule is CC(O)CN(C)C(=O)CSc1nncn1C1CC1. The van der Waals surface area contributed by atoms with Crippen LogP contribution in [0.25, 0.3) is 0 Å². The van der Waals surface area contributed by atoms with Gasteiger partial charge in [-0.1, -0.05) is 11.8 Å². The number of hydrogen-bond acceptors (Lipinski definition) is 5. The Balaban J connectivity index is 1.83. The molecule has 1 aliphatic carbocycles. The lowest BCUT2D eigenvalue weighted by Crippen LogP contribution is -2.34. The Morgan fingerprint density at radius 1 is 1.72 bits per heavy atom. The molecule has 1 unspecified atom stereocenters. The molecule has 1 atom stereocenters. The van der Waals surface area contributed by atoms with E-state index >= 15 is 0 Å². The molecule has 1 amide bonds. The molecule has 1 aliphatic rings. The normalized spacial score (nSPS) is 16.6. The van der Waals surface area contributed by atoms with Crippen molar-refractivity contribution in [1.82, 2.24) is 19.7 Å². The fourth-order valence-corrected chi connectivity index (χ4v) is 2.60. The summed E-state index contributed by atoms with van der Waals surface area (Å²) in [6.45, 7) is 2.02. The Labute approximate surface area is 110 Å². The molecule has 1 heterocycles. The van der Waals surface area contributed by atoms with Gasteiger partial charge in [0.05, 0.1) is 11.9 Å². The van der Waals surface area contributed by atoms with Crippen molar-refractivity contribution in [2.45, 2.75) is 37.1 Å².